The number of nitrogens with zero attached hydrogens (tertiary/aromatic N) is 3. The van der Waals surface area contributed by atoms with Crippen LogP contribution in [0.25, 0.3) is 0 Å². The molecule has 2 heterocycles. The number of rotatable bonds is 6. The van der Waals surface area contributed by atoms with Crippen LogP contribution < -0.4 is 4.90 Å². The summed E-state index contributed by atoms with van der Waals surface area (Å²) >= 11 is 13.9. The van der Waals surface area contributed by atoms with Gasteiger partial charge in [0.25, 0.3) is 0 Å². The van der Waals surface area contributed by atoms with Crippen molar-refractivity contribution in [3.05, 3.63) is 74.6 Å². The number of carbonyl (C=O) groups is 3. The highest BCUT2D eigenvalue weighted by Crippen LogP contribution is 2.52. The zero-order chi connectivity index (χ0) is 25.4. The minimum absolute atomic E-state index is 0.0979. The summed E-state index contributed by atoms with van der Waals surface area (Å²) in [5.41, 5.74) is 2.50. The summed E-state index contributed by atoms with van der Waals surface area (Å²) in [5.74, 6) is -0.875. The highest BCUT2D eigenvalue weighted by atomic mass is 35.5. The molecule has 1 saturated heterocycles. The van der Waals surface area contributed by atoms with Crippen LogP contribution in [0, 0.1) is 5.92 Å². The number of imide groups is 1. The average molecular weight is 545 g/mol. The quantitative estimate of drug-likeness (QED) is 0.427. The zero-order valence-electron chi connectivity index (χ0n) is 20.0. The minimum Gasteiger partial charge on any atom is -0.337 e. The van der Waals surface area contributed by atoms with Crippen molar-refractivity contribution < 1.29 is 14.4 Å². The van der Waals surface area contributed by atoms with Gasteiger partial charge < -0.3 is 9.80 Å². The molecular formula is C27H27Cl2N3O3S. The lowest BCUT2D eigenvalue weighted by atomic mass is 9.86. The molecule has 3 aliphatic rings. The second kappa shape index (κ2) is 10.5. The molecule has 1 fully saturated rings. The molecule has 9 heteroatoms. The van der Waals surface area contributed by atoms with Gasteiger partial charge in [0.15, 0.2) is 0 Å². The van der Waals surface area contributed by atoms with Crippen molar-refractivity contribution >= 4 is 58.5 Å². The highest BCUT2D eigenvalue weighted by Gasteiger charge is 2.53. The normalized spacial score (nSPS) is 21.5. The molecule has 1 aliphatic carbocycles. The van der Waals surface area contributed by atoms with Crippen LogP contribution >= 0.6 is 35.0 Å². The fourth-order valence-corrected chi connectivity index (χ4v) is 7.12. The molecule has 2 aliphatic heterocycles. The lowest BCUT2D eigenvalue weighted by Gasteiger charge is -2.42. The molecule has 0 bridgehead atoms. The SMILES string of the molecule is CCN(Cc1ccccc1)C(=O)CN1C(=O)N(c2ccc(Cl)c(Cl)c2)C(=O)C2C3=C(CCCC3)SC21. The van der Waals surface area contributed by atoms with Crippen LogP contribution in [0.3, 0.4) is 0 Å². The van der Waals surface area contributed by atoms with Gasteiger partial charge in [0, 0.05) is 13.1 Å². The first kappa shape index (κ1) is 25.2. The predicted molar refractivity (Wildman–Crippen MR) is 144 cm³/mol. The minimum atomic E-state index is -0.504. The highest BCUT2D eigenvalue weighted by molar-refractivity contribution is 8.04. The van der Waals surface area contributed by atoms with Gasteiger partial charge in [0.05, 0.1) is 27.0 Å². The number of carbonyl (C=O) groups excluding carboxylic acids is 3. The largest absolute Gasteiger partial charge is 0.337 e. The first-order chi connectivity index (χ1) is 17.4. The van der Waals surface area contributed by atoms with Gasteiger partial charge in [-0.3, -0.25) is 9.59 Å². The standard InChI is InChI=1S/C27H27Cl2N3O3S/c1-2-30(15-17-8-4-3-5-9-17)23(33)16-31-26-24(19-10-6-7-11-22(19)36-26)25(34)32(27(31)35)18-12-13-20(28)21(29)14-18/h3-5,8-9,12-14,24,26H,2,6-7,10-11,15-16H2,1H3. The molecular weight excluding hydrogens is 517 g/mol. The number of benzene rings is 2. The zero-order valence-corrected chi connectivity index (χ0v) is 22.3. The molecule has 36 heavy (non-hydrogen) atoms. The van der Waals surface area contributed by atoms with Crippen LogP contribution in [0.4, 0.5) is 10.5 Å². The Bertz CT molecular complexity index is 1240. The van der Waals surface area contributed by atoms with Gasteiger partial charge in [-0.05, 0) is 66.8 Å². The van der Waals surface area contributed by atoms with E-state index in [1.54, 1.807) is 33.7 Å². The maximum Gasteiger partial charge on any atom is 0.332 e. The summed E-state index contributed by atoms with van der Waals surface area (Å²) in [6, 6.07) is 14.0. The number of hydrogen-bond acceptors (Lipinski definition) is 4. The molecule has 2 aromatic carbocycles. The Kier molecular flexibility index (Phi) is 7.33. The maximum atomic E-state index is 13.8. The molecule has 5 rings (SSSR count). The number of urea groups is 1. The van der Waals surface area contributed by atoms with Crippen LogP contribution in [-0.2, 0) is 16.1 Å². The number of allylic oxidation sites excluding steroid dienone is 1. The first-order valence-corrected chi connectivity index (χ1v) is 13.8. The van der Waals surface area contributed by atoms with E-state index < -0.39 is 17.3 Å². The van der Waals surface area contributed by atoms with E-state index in [0.717, 1.165) is 36.8 Å². The number of halogens is 2. The summed E-state index contributed by atoms with van der Waals surface area (Å²) in [7, 11) is 0. The van der Waals surface area contributed by atoms with Crippen LogP contribution in [0.1, 0.15) is 38.2 Å². The number of amides is 4. The third-order valence-electron chi connectivity index (χ3n) is 7.03. The van der Waals surface area contributed by atoms with Gasteiger partial charge in [-0.15, -0.1) is 11.8 Å². The molecule has 0 N–H and O–H groups in total. The first-order valence-electron chi connectivity index (χ1n) is 12.2. The van der Waals surface area contributed by atoms with E-state index in [0.29, 0.717) is 23.8 Å². The average Bonchev–Trinajstić information content (AvgIpc) is 3.27. The Morgan fingerprint density at radius 1 is 1.06 bits per heavy atom. The number of thioether (sulfide) groups is 1. The molecule has 6 nitrogen and oxygen atoms in total. The van der Waals surface area contributed by atoms with Crippen molar-refractivity contribution in [2.24, 2.45) is 5.92 Å². The molecule has 188 valence electrons. The Hall–Kier alpha value is -2.48. The van der Waals surface area contributed by atoms with E-state index in [1.807, 2.05) is 37.3 Å². The van der Waals surface area contributed by atoms with Crippen LogP contribution in [0.2, 0.25) is 10.0 Å². The van der Waals surface area contributed by atoms with E-state index in [1.165, 1.54) is 15.9 Å². The topological polar surface area (TPSA) is 60.9 Å². The second-order valence-electron chi connectivity index (χ2n) is 9.22. The maximum absolute atomic E-state index is 13.8. The van der Waals surface area contributed by atoms with Gasteiger partial charge in [-0.1, -0.05) is 53.5 Å². The summed E-state index contributed by atoms with van der Waals surface area (Å²) in [6.07, 6.45) is 3.85. The van der Waals surface area contributed by atoms with Gasteiger partial charge in [0.2, 0.25) is 11.8 Å². The van der Waals surface area contributed by atoms with Crippen molar-refractivity contribution in [3.8, 4) is 0 Å². The van der Waals surface area contributed by atoms with Crippen molar-refractivity contribution in [3.63, 3.8) is 0 Å². The third kappa shape index (κ3) is 4.64. The fourth-order valence-electron chi connectivity index (χ4n) is 5.18. The summed E-state index contributed by atoms with van der Waals surface area (Å²) in [4.78, 5) is 46.8. The van der Waals surface area contributed by atoms with Crippen molar-refractivity contribution in [2.75, 3.05) is 18.0 Å². The molecule has 4 amide bonds. The molecule has 0 saturated carbocycles. The lowest BCUT2D eigenvalue weighted by molar-refractivity contribution is -0.133. The van der Waals surface area contributed by atoms with Gasteiger partial charge >= 0.3 is 6.03 Å². The molecule has 0 spiro atoms. The van der Waals surface area contributed by atoms with Gasteiger partial charge in [-0.25, -0.2) is 9.69 Å². The van der Waals surface area contributed by atoms with E-state index >= 15 is 0 Å². The number of fused-ring (bicyclic) bond motifs is 2. The molecule has 2 atom stereocenters. The van der Waals surface area contributed by atoms with E-state index in [-0.39, 0.29) is 23.4 Å². The molecule has 2 unspecified atom stereocenters. The number of anilines is 1. The van der Waals surface area contributed by atoms with Crippen molar-refractivity contribution in [1.82, 2.24) is 9.80 Å². The summed E-state index contributed by atoms with van der Waals surface area (Å²) < 4.78 is 0. The van der Waals surface area contributed by atoms with Crippen LogP contribution in [0.5, 0.6) is 0 Å². The van der Waals surface area contributed by atoms with E-state index in [2.05, 4.69) is 0 Å². The number of hydrogen-bond donors (Lipinski definition) is 0. The van der Waals surface area contributed by atoms with E-state index in [9.17, 15) is 14.4 Å². The lowest BCUT2D eigenvalue weighted by Crippen LogP contribution is -2.62. The Morgan fingerprint density at radius 2 is 1.81 bits per heavy atom. The third-order valence-corrected chi connectivity index (χ3v) is 9.29. The van der Waals surface area contributed by atoms with Crippen molar-refractivity contribution in [2.45, 2.75) is 44.5 Å². The second-order valence-corrected chi connectivity index (χ2v) is 11.2. The molecule has 0 radical (unpaired) electrons. The Morgan fingerprint density at radius 3 is 2.53 bits per heavy atom. The van der Waals surface area contributed by atoms with Gasteiger partial charge in [0.1, 0.15) is 6.54 Å². The van der Waals surface area contributed by atoms with E-state index in [4.69, 9.17) is 23.2 Å². The molecule has 2 aromatic rings. The van der Waals surface area contributed by atoms with Crippen LogP contribution in [0.15, 0.2) is 59.0 Å². The molecule has 0 aromatic heterocycles. The predicted octanol–water partition coefficient (Wildman–Crippen LogP) is 6.33. The fraction of sp³-hybridized carbons (Fsp3) is 0.370. The van der Waals surface area contributed by atoms with Crippen LogP contribution in [-0.4, -0.2) is 46.1 Å². The Labute approximate surface area is 225 Å². The summed E-state index contributed by atoms with van der Waals surface area (Å²) in [5, 5.41) is 0.194. The van der Waals surface area contributed by atoms with Gasteiger partial charge in [-0.2, -0.15) is 0 Å². The Balaban J connectivity index is 1.47. The summed E-state index contributed by atoms with van der Waals surface area (Å²) in [6.45, 7) is 2.81. The monoisotopic (exact) mass is 543 g/mol. The number of likely N-dealkylation sites (N-methyl/N-ethyl adjacent to an activating group) is 1. The smallest absolute Gasteiger partial charge is 0.332 e. The van der Waals surface area contributed by atoms with Crippen molar-refractivity contribution in [1.29, 1.82) is 0 Å².